The molecular weight excluding hydrogens is 344 g/mol. The summed E-state index contributed by atoms with van der Waals surface area (Å²) in [5.74, 6) is 0. The summed E-state index contributed by atoms with van der Waals surface area (Å²) in [7, 11) is 1.38. The van der Waals surface area contributed by atoms with E-state index in [9.17, 15) is 19.2 Å². The molecule has 0 unspecified atom stereocenters. The van der Waals surface area contributed by atoms with Crippen LogP contribution in [0.2, 0.25) is 0 Å². The minimum atomic E-state index is -0.490. The van der Waals surface area contributed by atoms with Gasteiger partial charge in [-0.2, -0.15) is 0 Å². The zero-order chi connectivity index (χ0) is 19.7. The fraction of sp³-hybridized carbons (Fsp3) is 0.238. The number of aromatic nitrogens is 2. The second kappa shape index (κ2) is 5.36. The topological polar surface area (TPSA) is 78.1 Å². The quantitative estimate of drug-likeness (QED) is 0.517. The second-order valence-corrected chi connectivity index (χ2v) is 7.86. The summed E-state index contributed by atoms with van der Waals surface area (Å²) < 4.78 is 2.07. The van der Waals surface area contributed by atoms with Crippen molar-refractivity contribution in [3.63, 3.8) is 0 Å². The SMILES string of the molecule is Cn1c(=O)c2cc3c(=O)n(-c4ccc(C(C)(C)C)cc4)c(=O)c3cc2c1=O. The molecule has 0 saturated heterocycles. The summed E-state index contributed by atoms with van der Waals surface area (Å²) in [5, 5.41) is 0.616. The van der Waals surface area contributed by atoms with E-state index in [2.05, 4.69) is 20.8 Å². The molecule has 0 aliphatic carbocycles. The van der Waals surface area contributed by atoms with Crippen molar-refractivity contribution in [2.45, 2.75) is 26.2 Å². The van der Waals surface area contributed by atoms with E-state index in [1.165, 1.54) is 19.2 Å². The lowest BCUT2D eigenvalue weighted by molar-refractivity contribution is 0.590. The van der Waals surface area contributed by atoms with Crippen LogP contribution in [0.5, 0.6) is 0 Å². The molecule has 0 fully saturated rings. The van der Waals surface area contributed by atoms with E-state index >= 15 is 0 Å². The van der Waals surface area contributed by atoms with Crippen molar-refractivity contribution < 1.29 is 0 Å². The van der Waals surface area contributed by atoms with Crippen molar-refractivity contribution in [3.8, 4) is 5.69 Å². The molecule has 4 aromatic rings. The molecule has 27 heavy (non-hydrogen) atoms. The van der Waals surface area contributed by atoms with Crippen molar-refractivity contribution in [2.75, 3.05) is 0 Å². The summed E-state index contributed by atoms with van der Waals surface area (Å²) in [5.41, 5.74) is -0.414. The Labute approximate surface area is 153 Å². The third kappa shape index (κ3) is 2.33. The molecule has 0 N–H and O–H groups in total. The molecule has 0 radical (unpaired) electrons. The predicted molar refractivity (Wildman–Crippen MR) is 106 cm³/mol. The van der Waals surface area contributed by atoms with Crippen LogP contribution in [0.3, 0.4) is 0 Å². The maximum atomic E-state index is 12.9. The third-order valence-electron chi connectivity index (χ3n) is 5.09. The molecule has 0 saturated carbocycles. The van der Waals surface area contributed by atoms with Gasteiger partial charge in [0.05, 0.1) is 27.2 Å². The molecule has 0 atom stereocenters. The van der Waals surface area contributed by atoms with Crippen molar-refractivity contribution in [1.82, 2.24) is 9.13 Å². The molecule has 136 valence electrons. The highest BCUT2D eigenvalue weighted by molar-refractivity contribution is 5.98. The molecule has 0 spiro atoms. The van der Waals surface area contributed by atoms with Crippen molar-refractivity contribution in [1.29, 1.82) is 0 Å². The van der Waals surface area contributed by atoms with Gasteiger partial charge in [0.25, 0.3) is 22.2 Å². The van der Waals surface area contributed by atoms with E-state index in [1.807, 2.05) is 12.1 Å². The first-order valence-corrected chi connectivity index (χ1v) is 8.61. The minimum absolute atomic E-state index is 0.0475. The average molecular weight is 362 g/mol. The summed E-state index contributed by atoms with van der Waals surface area (Å²) in [6.45, 7) is 6.24. The van der Waals surface area contributed by atoms with Gasteiger partial charge in [-0.1, -0.05) is 32.9 Å². The molecule has 2 aromatic carbocycles. The number of nitrogens with zero attached hydrogens (tertiary/aromatic N) is 2. The fourth-order valence-electron chi connectivity index (χ4n) is 3.44. The third-order valence-corrected chi connectivity index (χ3v) is 5.09. The first-order chi connectivity index (χ1) is 12.6. The smallest absolute Gasteiger partial charge is 0.266 e. The van der Waals surface area contributed by atoms with E-state index in [0.717, 1.165) is 14.7 Å². The molecule has 2 aromatic heterocycles. The summed E-state index contributed by atoms with van der Waals surface area (Å²) in [6.07, 6.45) is 0. The lowest BCUT2D eigenvalue weighted by atomic mass is 9.87. The van der Waals surface area contributed by atoms with E-state index in [-0.39, 0.29) is 27.0 Å². The van der Waals surface area contributed by atoms with Crippen LogP contribution in [0.25, 0.3) is 27.2 Å². The highest BCUT2D eigenvalue weighted by atomic mass is 16.2. The first-order valence-electron chi connectivity index (χ1n) is 8.61. The fourth-order valence-corrected chi connectivity index (χ4v) is 3.44. The summed E-state index contributed by atoms with van der Waals surface area (Å²) in [4.78, 5) is 50.1. The number of rotatable bonds is 1. The number of hydrogen-bond donors (Lipinski definition) is 0. The number of fused-ring (bicyclic) bond motifs is 2. The predicted octanol–water partition coefficient (Wildman–Crippen LogP) is 1.74. The average Bonchev–Trinajstić information content (AvgIpc) is 2.99. The number of hydrogen-bond acceptors (Lipinski definition) is 4. The highest BCUT2D eigenvalue weighted by Crippen LogP contribution is 2.23. The van der Waals surface area contributed by atoms with Gasteiger partial charge in [-0.25, -0.2) is 4.57 Å². The van der Waals surface area contributed by atoms with Crippen molar-refractivity contribution >= 4 is 21.5 Å². The Morgan fingerprint density at radius 3 is 1.48 bits per heavy atom. The van der Waals surface area contributed by atoms with Gasteiger partial charge in [0.1, 0.15) is 0 Å². The standard InChI is InChI=1S/C21H18N2O4/c1-21(2,3)11-5-7-12(8-6-11)23-19(26)15-9-13-14(10-16(15)20(23)27)18(25)22(4)17(13)24/h5-10H,1-4H3. The van der Waals surface area contributed by atoms with Gasteiger partial charge in [-0.3, -0.25) is 23.7 Å². The zero-order valence-electron chi connectivity index (χ0n) is 15.5. The zero-order valence-corrected chi connectivity index (χ0v) is 15.5. The molecule has 0 amide bonds. The van der Waals surface area contributed by atoms with E-state index in [4.69, 9.17) is 0 Å². The van der Waals surface area contributed by atoms with Crippen LogP contribution in [-0.4, -0.2) is 9.13 Å². The Morgan fingerprint density at radius 1 is 0.667 bits per heavy atom. The Balaban J connectivity index is 2.03. The molecule has 6 heteroatoms. The van der Waals surface area contributed by atoms with Crippen LogP contribution in [-0.2, 0) is 12.5 Å². The lowest BCUT2D eigenvalue weighted by Crippen LogP contribution is -2.23. The maximum absolute atomic E-state index is 12.9. The molecule has 6 nitrogen and oxygen atoms in total. The molecule has 2 heterocycles. The van der Waals surface area contributed by atoms with Gasteiger partial charge < -0.3 is 0 Å². The van der Waals surface area contributed by atoms with Gasteiger partial charge >= 0.3 is 0 Å². The molecule has 4 rings (SSSR count). The van der Waals surface area contributed by atoms with Gasteiger partial charge in [-0.05, 0) is 35.2 Å². The Bertz CT molecular complexity index is 1340. The van der Waals surface area contributed by atoms with Crippen LogP contribution in [0.1, 0.15) is 26.3 Å². The van der Waals surface area contributed by atoms with Crippen LogP contribution in [0, 0.1) is 0 Å². The Morgan fingerprint density at radius 2 is 1.07 bits per heavy atom. The van der Waals surface area contributed by atoms with Crippen molar-refractivity contribution in [2.24, 2.45) is 7.05 Å². The van der Waals surface area contributed by atoms with E-state index in [1.54, 1.807) is 12.1 Å². The van der Waals surface area contributed by atoms with Crippen LogP contribution < -0.4 is 22.2 Å². The summed E-state index contributed by atoms with van der Waals surface area (Å²) in [6, 6.07) is 9.97. The normalized spacial score (nSPS) is 12.3. The van der Waals surface area contributed by atoms with Crippen molar-refractivity contribution in [3.05, 3.63) is 83.4 Å². The monoisotopic (exact) mass is 362 g/mol. The van der Waals surface area contributed by atoms with E-state index in [0.29, 0.717) is 5.69 Å². The van der Waals surface area contributed by atoms with Gasteiger partial charge in [0, 0.05) is 7.05 Å². The van der Waals surface area contributed by atoms with Gasteiger partial charge in [0.2, 0.25) is 0 Å². The minimum Gasteiger partial charge on any atom is -0.277 e. The summed E-state index contributed by atoms with van der Waals surface area (Å²) >= 11 is 0. The lowest BCUT2D eigenvalue weighted by Gasteiger charge is -2.19. The van der Waals surface area contributed by atoms with Gasteiger partial charge in [0.15, 0.2) is 0 Å². The molecular formula is C21H18N2O4. The Kier molecular flexibility index (Phi) is 3.40. The highest BCUT2D eigenvalue weighted by Gasteiger charge is 2.20. The molecule has 0 aliphatic rings. The van der Waals surface area contributed by atoms with Gasteiger partial charge in [-0.15, -0.1) is 0 Å². The van der Waals surface area contributed by atoms with Crippen LogP contribution in [0.15, 0.2) is 55.6 Å². The second-order valence-electron chi connectivity index (χ2n) is 7.86. The molecule has 0 bridgehead atoms. The number of benzene rings is 2. The maximum Gasteiger partial charge on any atom is 0.266 e. The molecule has 0 aliphatic heterocycles. The van der Waals surface area contributed by atoms with E-state index < -0.39 is 22.2 Å². The van der Waals surface area contributed by atoms with Crippen LogP contribution >= 0.6 is 0 Å². The first kappa shape index (κ1) is 17.1. The largest absolute Gasteiger partial charge is 0.277 e. The van der Waals surface area contributed by atoms with Crippen LogP contribution in [0.4, 0.5) is 0 Å². The Hall–Kier alpha value is -3.28.